The summed E-state index contributed by atoms with van der Waals surface area (Å²) in [5, 5.41) is 7.13. The maximum Gasteiger partial charge on any atom is 0.315 e. The first-order valence-electron chi connectivity index (χ1n) is 9.46. The van der Waals surface area contributed by atoms with Gasteiger partial charge in [-0.25, -0.2) is 4.79 Å². The quantitative estimate of drug-likeness (QED) is 0.637. The van der Waals surface area contributed by atoms with Crippen molar-refractivity contribution >= 4 is 17.6 Å². The number of rotatable bonds is 7. The number of amides is 2. The fourth-order valence-corrected chi connectivity index (χ4v) is 3.96. The third-order valence-corrected chi connectivity index (χ3v) is 5.33. The first-order valence-corrected chi connectivity index (χ1v) is 9.84. The molecule has 2 N–H and O–H groups in total. The van der Waals surface area contributed by atoms with E-state index in [0.29, 0.717) is 12.0 Å². The van der Waals surface area contributed by atoms with Gasteiger partial charge in [0.15, 0.2) is 0 Å². The fraction of sp³-hybridized carbons (Fsp3) is 0.650. The van der Waals surface area contributed by atoms with Crippen LogP contribution in [0.5, 0.6) is 0 Å². The molecule has 0 aromatic heterocycles. The lowest BCUT2D eigenvalue weighted by atomic mass is 9.87. The van der Waals surface area contributed by atoms with Gasteiger partial charge in [0.25, 0.3) is 0 Å². The van der Waals surface area contributed by atoms with E-state index < -0.39 is 0 Å². The van der Waals surface area contributed by atoms with E-state index >= 15 is 0 Å². The molecule has 1 saturated carbocycles. The number of nitrogens with one attached hydrogen (secondary N) is 2. The molecule has 0 heterocycles. The second kappa shape index (κ2) is 9.93. The van der Waals surface area contributed by atoms with Gasteiger partial charge in [-0.1, -0.05) is 69.7 Å². The van der Waals surface area contributed by atoms with Crippen LogP contribution < -0.4 is 10.6 Å². The first kappa shape index (κ1) is 19.1. The molecule has 4 heteroatoms. The Morgan fingerprint density at radius 3 is 2.62 bits per heavy atom. The highest BCUT2D eigenvalue weighted by atomic mass is 35.5. The van der Waals surface area contributed by atoms with Gasteiger partial charge < -0.3 is 10.6 Å². The van der Waals surface area contributed by atoms with Crippen LogP contribution in [-0.4, -0.2) is 12.1 Å². The van der Waals surface area contributed by atoms with Crippen LogP contribution in [-0.2, 0) is 0 Å². The highest BCUT2D eigenvalue weighted by molar-refractivity contribution is 6.30. The number of benzene rings is 1. The van der Waals surface area contributed by atoms with Crippen molar-refractivity contribution in [3.05, 3.63) is 34.9 Å². The Labute approximate surface area is 151 Å². The molecule has 2 unspecified atom stereocenters. The summed E-state index contributed by atoms with van der Waals surface area (Å²) in [6.07, 6.45) is 9.17. The van der Waals surface area contributed by atoms with E-state index in [4.69, 9.17) is 11.6 Å². The van der Waals surface area contributed by atoms with Gasteiger partial charge in [0.2, 0.25) is 0 Å². The van der Waals surface area contributed by atoms with E-state index in [9.17, 15) is 4.79 Å². The van der Waals surface area contributed by atoms with Gasteiger partial charge in [0.1, 0.15) is 0 Å². The Morgan fingerprint density at radius 1 is 1.25 bits per heavy atom. The number of urea groups is 1. The second-order valence-corrected chi connectivity index (χ2v) is 7.38. The van der Waals surface area contributed by atoms with E-state index in [1.165, 1.54) is 19.3 Å². The highest BCUT2D eigenvalue weighted by Gasteiger charge is 2.24. The zero-order valence-corrected chi connectivity index (χ0v) is 15.7. The molecule has 1 aromatic rings. The van der Waals surface area contributed by atoms with Crippen molar-refractivity contribution in [2.24, 2.45) is 5.92 Å². The number of hydrogen-bond acceptors (Lipinski definition) is 1. The zero-order valence-electron chi connectivity index (χ0n) is 15.0. The average Bonchev–Trinajstić information content (AvgIpc) is 2.59. The van der Waals surface area contributed by atoms with Crippen molar-refractivity contribution in [2.45, 2.75) is 77.3 Å². The summed E-state index contributed by atoms with van der Waals surface area (Å²) >= 11 is 6.18. The maximum atomic E-state index is 12.5. The Kier molecular flexibility index (Phi) is 7.90. The number of carbonyl (C=O) groups is 1. The fourth-order valence-electron chi connectivity index (χ4n) is 3.77. The Morgan fingerprint density at radius 2 is 2.00 bits per heavy atom. The average molecular weight is 351 g/mol. The number of hydrogen-bond donors (Lipinski definition) is 2. The third kappa shape index (κ3) is 5.70. The predicted octanol–water partition coefficient (Wildman–Crippen LogP) is 5.84. The molecule has 1 fully saturated rings. The molecule has 2 atom stereocenters. The minimum Gasteiger partial charge on any atom is -0.335 e. The van der Waals surface area contributed by atoms with Crippen LogP contribution in [0.3, 0.4) is 0 Å². The highest BCUT2D eigenvalue weighted by Crippen LogP contribution is 2.30. The molecule has 2 amide bonds. The Balaban J connectivity index is 2.08. The largest absolute Gasteiger partial charge is 0.335 e. The molecule has 1 aliphatic rings. The topological polar surface area (TPSA) is 41.1 Å². The van der Waals surface area contributed by atoms with Gasteiger partial charge in [-0.3, -0.25) is 0 Å². The molecule has 1 aliphatic carbocycles. The maximum absolute atomic E-state index is 12.5. The molecule has 0 bridgehead atoms. The van der Waals surface area contributed by atoms with Crippen LogP contribution in [0.25, 0.3) is 0 Å². The summed E-state index contributed by atoms with van der Waals surface area (Å²) in [7, 11) is 0. The molecular formula is C20H31ClN2O. The van der Waals surface area contributed by atoms with Crippen molar-refractivity contribution in [1.29, 1.82) is 0 Å². The van der Waals surface area contributed by atoms with Crippen LogP contribution in [0, 0.1) is 5.92 Å². The van der Waals surface area contributed by atoms with E-state index in [2.05, 4.69) is 30.5 Å². The van der Waals surface area contributed by atoms with Crippen LogP contribution >= 0.6 is 11.6 Å². The smallest absolute Gasteiger partial charge is 0.315 e. The number of halogens is 1. The van der Waals surface area contributed by atoms with Crippen LogP contribution in [0.4, 0.5) is 4.79 Å². The second-order valence-electron chi connectivity index (χ2n) is 6.94. The van der Waals surface area contributed by atoms with Crippen molar-refractivity contribution in [1.82, 2.24) is 10.6 Å². The van der Waals surface area contributed by atoms with Gasteiger partial charge in [-0.05, 0) is 42.9 Å². The summed E-state index contributed by atoms with van der Waals surface area (Å²) in [4.78, 5) is 12.5. The van der Waals surface area contributed by atoms with Crippen molar-refractivity contribution < 1.29 is 4.79 Å². The molecule has 2 rings (SSSR count). The summed E-state index contributed by atoms with van der Waals surface area (Å²) in [6, 6.07) is 8.18. The van der Waals surface area contributed by atoms with Crippen LogP contribution in [0.1, 0.15) is 76.8 Å². The lowest BCUT2D eigenvalue weighted by molar-refractivity contribution is 0.221. The predicted molar refractivity (Wildman–Crippen MR) is 101 cm³/mol. The van der Waals surface area contributed by atoms with Gasteiger partial charge in [0, 0.05) is 11.1 Å². The Hall–Kier alpha value is -1.22. The molecule has 24 heavy (non-hydrogen) atoms. The molecule has 3 nitrogen and oxygen atoms in total. The summed E-state index contributed by atoms with van der Waals surface area (Å²) < 4.78 is 0. The van der Waals surface area contributed by atoms with E-state index in [1.807, 2.05) is 18.2 Å². The third-order valence-electron chi connectivity index (χ3n) is 5.09. The van der Waals surface area contributed by atoms with E-state index in [1.54, 1.807) is 0 Å². The summed E-state index contributed by atoms with van der Waals surface area (Å²) in [5.74, 6) is 0.422. The SMILES string of the molecule is CCCC(CC)C(NC(=O)NC1CCCCC1)c1cccc(Cl)c1. The molecule has 134 valence electrons. The van der Waals surface area contributed by atoms with Crippen molar-refractivity contribution in [3.8, 4) is 0 Å². The monoisotopic (exact) mass is 350 g/mol. The van der Waals surface area contributed by atoms with Crippen molar-refractivity contribution in [2.75, 3.05) is 0 Å². The molecule has 0 spiro atoms. The minimum atomic E-state index is -0.0403. The van der Waals surface area contributed by atoms with E-state index in [0.717, 1.165) is 42.7 Å². The van der Waals surface area contributed by atoms with Gasteiger partial charge in [-0.2, -0.15) is 0 Å². The van der Waals surface area contributed by atoms with Gasteiger partial charge >= 0.3 is 6.03 Å². The van der Waals surface area contributed by atoms with Crippen LogP contribution in [0.2, 0.25) is 5.02 Å². The molecule has 0 saturated heterocycles. The van der Waals surface area contributed by atoms with Gasteiger partial charge in [-0.15, -0.1) is 0 Å². The molecule has 0 aliphatic heterocycles. The molecule has 0 radical (unpaired) electrons. The number of carbonyl (C=O) groups excluding carboxylic acids is 1. The normalized spacial score (nSPS) is 18.0. The van der Waals surface area contributed by atoms with Gasteiger partial charge in [0.05, 0.1) is 6.04 Å². The first-order chi connectivity index (χ1) is 11.6. The summed E-state index contributed by atoms with van der Waals surface area (Å²) in [5.41, 5.74) is 1.10. The molecular weight excluding hydrogens is 320 g/mol. The lowest BCUT2D eigenvalue weighted by Gasteiger charge is -2.30. The van der Waals surface area contributed by atoms with Crippen LogP contribution in [0.15, 0.2) is 24.3 Å². The van der Waals surface area contributed by atoms with Crippen molar-refractivity contribution in [3.63, 3.8) is 0 Å². The Bertz CT molecular complexity index is 514. The molecule has 1 aromatic carbocycles. The zero-order chi connectivity index (χ0) is 17.4. The summed E-state index contributed by atoms with van der Waals surface area (Å²) in [6.45, 7) is 4.39. The standard InChI is InChI=1S/C20H31ClN2O/c1-3-9-15(4-2)19(16-10-8-11-17(21)14-16)23-20(24)22-18-12-6-5-7-13-18/h8,10-11,14-15,18-19H,3-7,9,12-13H2,1-2H3,(H2,22,23,24). The minimum absolute atomic E-state index is 0.0113. The lowest BCUT2D eigenvalue weighted by Crippen LogP contribution is -2.45. The van der Waals surface area contributed by atoms with E-state index in [-0.39, 0.29) is 12.1 Å².